The van der Waals surface area contributed by atoms with Crippen LogP contribution in [-0.2, 0) is 16.0 Å². The molecule has 0 aromatic heterocycles. The summed E-state index contributed by atoms with van der Waals surface area (Å²) in [5, 5.41) is -0.425. The van der Waals surface area contributed by atoms with Crippen LogP contribution in [0.15, 0.2) is 24.3 Å². The van der Waals surface area contributed by atoms with Crippen molar-refractivity contribution in [2.24, 2.45) is 5.92 Å². The minimum absolute atomic E-state index is 0.0340. The second-order valence-corrected chi connectivity index (χ2v) is 4.60. The maximum atomic E-state index is 11.8. The van der Waals surface area contributed by atoms with Gasteiger partial charge in [-0.25, -0.2) is 0 Å². The third kappa shape index (κ3) is 2.50. The first-order chi connectivity index (χ1) is 8.11. The van der Waals surface area contributed by atoms with Gasteiger partial charge in [0.1, 0.15) is 0 Å². The van der Waals surface area contributed by atoms with Gasteiger partial charge in [0, 0.05) is 18.7 Å². The third-order valence-electron chi connectivity index (χ3n) is 3.10. The van der Waals surface area contributed by atoms with Gasteiger partial charge in [-0.15, -0.1) is 0 Å². The number of hydrogen-bond donors (Lipinski definition) is 0. The fraction of sp³-hybridized carbons (Fsp3) is 0.385. The van der Waals surface area contributed by atoms with Crippen molar-refractivity contribution >= 4 is 28.4 Å². The van der Waals surface area contributed by atoms with Crippen molar-refractivity contribution in [3.05, 3.63) is 29.8 Å². The van der Waals surface area contributed by atoms with Crippen molar-refractivity contribution in [3.63, 3.8) is 0 Å². The van der Waals surface area contributed by atoms with E-state index < -0.39 is 5.24 Å². The standard InChI is InChI=1S/C13H14ClNO2/c1-2-9-3-5-11(6-4-9)15-8-10(13(14)17)7-12(15)16/h3-6,10H,2,7-8H2,1H3/t10-/m1/s1. The normalized spacial score (nSPS) is 19.8. The van der Waals surface area contributed by atoms with E-state index in [1.807, 2.05) is 24.3 Å². The number of benzene rings is 1. The summed E-state index contributed by atoms with van der Waals surface area (Å²) in [4.78, 5) is 24.4. The molecule has 1 aliphatic rings. The van der Waals surface area contributed by atoms with Gasteiger partial charge in [0.15, 0.2) is 0 Å². The van der Waals surface area contributed by atoms with Crippen molar-refractivity contribution < 1.29 is 9.59 Å². The lowest BCUT2D eigenvalue weighted by molar-refractivity contribution is -0.120. The molecule has 1 fully saturated rings. The van der Waals surface area contributed by atoms with Crippen LogP contribution in [0.4, 0.5) is 5.69 Å². The summed E-state index contributed by atoms with van der Waals surface area (Å²) in [5.74, 6) is -0.400. The highest BCUT2D eigenvalue weighted by molar-refractivity contribution is 6.64. The zero-order valence-corrected chi connectivity index (χ0v) is 10.4. The zero-order valence-electron chi connectivity index (χ0n) is 9.65. The fourth-order valence-electron chi connectivity index (χ4n) is 2.02. The summed E-state index contributed by atoms with van der Waals surface area (Å²) in [6.45, 7) is 2.48. The molecule has 90 valence electrons. The average molecular weight is 252 g/mol. The Morgan fingerprint density at radius 3 is 2.53 bits per heavy atom. The molecular weight excluding hydrogens is 238 g/mol. The summed E-state index contributed by atoms with van der Waals surface area (Å²) in [7, 11) is 0. The lowest BCUT2D eigenvalue weighted by Gasteiger charge is -2.16. The second kappa shape index (κ2) is 4.88. The molecule has 0 spiro atoms. The average Bonchev–Trinajstić information content (AvgIpc) is 2.72. The van der Waals surface area contributed by atoms with Gasteiger partial charge in [0.2, 0.25) is 11.1 Å². The highest BCUT2D eigenvalue weighted by Crippen LogP contribution is 2.26. The van der Waals surface area contributed by atoms with E-state index in [0.717, 1.165) is 12.1 Å². The highest BCUT2D eigenvalue weighted by atomic mass is 35.5. The van der Waals surface area contributed by atoms with Crippen LogP contribution in [0.3, 0.4) is 0 Å². The molecule has 1 heterocycles. The van der Waals surface area contributed by atoms with E-state index in [2.05, 4.69) is 6.92 Å². The zero-order chi connectivity index (χ0) is 12.4. The van der Waals surface area contributed by atoms with E-state index >= 15 is 0 Å². The Morgan fingerprint density at radius 2 is 2.06 bits per heavy atom. The lowest BCUT2D eigenvalue weighted by atomic mass is 10.1. The Kier molecular flexibility index (Phi) is 3.48. The predicted molar refractivity (Wildman–Crippen MR) is 67.1 cm³/mol. The fourth-order valence-corrected chi connectivity index (χ4v) is 2.17. The summed E-state index contributed by atoms with van der Waals surface area (Å²) in [6.07, 6.45) is 1.19. The molecule has 0 radical (unpaired) electrons. The molecule has 2 rings (SSSR count). The number of nitrogens with zero attached hydrogens (tertiary/aromatic N) is 1. The topological polar surface area (TPSA) is 37.4 Å². The van der Waals surface area contributed by atoms with Crippen LogP contribution in [0.2, 0.25) is 0 Å². The summed E-state index contributed by atoms with van der Waals surface area (Å²) >= 11 is 5.43. The number of aryl methyl sites for hydroxylation is 1. The Morgan fingerprint density at radius 1 is 1.41 bits per heavy atom. The number of anilines is 1. The number of amides is 1. The van der Waals surface area contributed by atoms with E-state index in [0.29, 0.717) is 6.54 Å². The van der Waals surface area contributed by atoms with Crippen molar-refractivity contribution in [2.45, 2.75) is 19.8 Å². The molecule has 4 heteroatoms. The van der Waals surface area contributed by atoms with Gasteiger partial charge < -0.3 is 4.90 Å². The van der Waals surface area contributed by atoms with Crippen LogP contribution in [-0.4, -0.2) is 17.7 Å². The number of halogens is 1. The largest absolute Gasteiger partial charge is 0.312 e. The smallest absolute Gasteiger partial charge is 0.227 e. The van der Waals surface area contributed by atoms with Gasteiger partial charge in [0.25, 0.3) is 0 Å². The molecule has 0 bridgehead atoms. The Bertz CT molecular complexity index is 441. The van der Waals surface area contributed by atoms with E-state index in [4.69, 9.17) is 11.6 Å². The Labute approximate surface area is 105 Å². The van der Waals surface area contributed by atoms with Gasteiger partial charge >= 0.3 is 0 Å². The Hall–Kier alpha value is -1.35. The van der Waals surface area contributed by atoms with Crippen LogP contribution in [0.5, 0.6) is 0 Å². The summed E-state index contributed by atoms with van der Waals surface area (Å²) in [6, 6.07) is 7.83. The number of carbonyl (C=O) groups excluding carboxylic acids is 2. The van der Waals surface area contributed by atoms with Crippen molar-refractivity contribution in [1.29, 1.82) is 0 Å². The first-order valence-corrected chi connectivity index (χ1v) is 6.08. The van der Waals surface area contributed by atoms with Crippen molar-refractivity contribution in [1.82, 2.24) is 0 Å². The molecule has 17 heavy (non-hydrogen) atoms. The molecular formula is C13H14ClNO2. The van der Waals surface area contributed by atoms with Crippen molar-refractivity contribution in [2.75, 3.05) is 11.4 Å². The quantitative estimate of drug-likeness (QED) is 0.774. The minimum Gasteiger partial charge on any atom is -0.312 e. The predicted octanol–water partition coefficient (Wildman–Crippen LogP) is 2.37. The van der Waals surface area contributed by atoms with Crippen LogP contribution < -0.4 is 4.90 Å². The minimum atomic E-state index is -0.425. The first-order valence-electron chi connectivity index (χ1n) is 5.70. The molecule has 1 amide bonds. The van der Waals surface area contributed by atoms with E-state index in [-0.39, 0.29) is 18.2 Å². The highest BCUT2D eigenvalue weighted by Gasteiger charge is 2.34. The van der Waals surface area contributed by atoms with E-state index in [1.54, 1.807) is 4.90 Å². The second-order valence-electron chi connectivity index (χ2n) is 4.23. The molecule has 1 saturated heterocycles. The molecule has 1 aliphatic heterocycles. The van der Waals surface area contributed by atoms with Gasteiger partial charge in [-0.05, 0) is 35.7 Å². The molecule has 1 atom stereocenters. The van der Waals surface area contributed by atoms with Gasteiger partial charge in [0.05, 0.1) is 5.92 Å². The molecule has 1 aromatic carbocycles. The molecule has 0 aliphatic carbocycles. The number of rotatable bonds is 3. The summed E-state index contributed by atoms with van der Waals surface area (Å²) < 4.78 is 0. The van der Waals surface area contributed by atoms with Gasteiger partial charge in [-0.2, -0.15) is 0 Å². The SMILES string of the molecule is CCc1ccc(N2C[C@H](C(=O)Cl)CC2=O)cc1. The van der Waals surface area contributed by atoms with Crippen LogP contribution >= 0.6 is 11.6 Å². The van der Waals surface area contributed by atoms with Gasteiger partial charge in [-0.3, -0.25) is 9.59 Å². The van der Waals surface area contributed by atoms with Crippen molar-refractivity contribution in [3.8, 4) is 0 Å². The molecule has 0 saturated carbocycles. The lowest BCUT2D eigenvalue weighted by Crippen LogP contribution is -2.25. The number of hydrogen-bond acceptors (Lipinski definition) is 2. The Balaban J connectivity index is 2.17. The van der Waals surface area contributed by atoms with E-state index in [9.17, 15) is 9.59 Å². The molecule has 0 N–H and O–H groups in total. The van der Waals surface area contributed by atoms with Gasteiger partial charge in [-0.1, -0.05) is 19.1 Å². The number of carbonyl (C=O) groups is 2. The first kappa shape index (κ1) is 12.1. The molecule has 1 aromatic rings. The van der Waals surface area contributed by atoms with E-state index in [1.165, 1.54) is 5.56 Å². The molecule has 0 unspecified atom stereocenters. The van der Waals surface area contributed by atoms with Crippen LogP contribution in [0.1, 0.15) is 18.9 Å². The molecule has 3 nitrogen and oxygen atoms in total. The maximum Gasteiger partial charge on any atom is 0.227 e. The van der Waals surface area contributed by atoms with Crippen LogP contribution in [0, 0.1) is 5.92 Å². The van der Waals surface area contributed by atoms with Crippen LogP contribution in [0.25, 0.3) is 0 Å². The third-order valence-corrected chi connectivity index (χ3v) is 3.41. The summed E-state index contributed by atoms with van der Waals surface area (Å²) in [5.41, 5.74) is 2.07. The monoisotopic (exact) mass is 251 g/mol. The maximum absolute atomic E-state index is 11.8.